The Morgan fingerprint density at radius 3 is 2.47 bits per heavy atom. The van der Waals surface area contributed by atoms with Crippen molar-refractivity contribution in [2.24, 2.45) is 5.73 Å². The summed E-state index contributed by atoms with van der Waals surface area (Å²) < 4.78 is 30.1. The predicted molar refractivity (Wildman–Crippen MR) is 120 cm³/mol. The smallest absolute Gasteiger partial charge is 0.267 e. The van der Waals surface area contributed by atoms with E-state index in [1.165, 1.54) is 10.7 Å². The van der Waals surface area contributed by atoms with Gasteiger partial charge in [-0.3, -0.25) is 14.3 Å². The van der Waals surface area contributed by atoms with Crippen LogP contribution in [-0.2, 0) is 6.54 Å². The van der Waals surface area contributed by atoms with E-state index < -0.39 is 23.4 Å². The van der Waals surface area contributed by atoms with Gasteiger partial charge in [-0.05, 0) is 38.1 Å². The molecule has 10 heteroatoms. The second-order valence-electron chi connectivity index (χ2n) is 7.62. The molecule has 4 rings (SSSR count). The van der Waals surface area contributed by atoms with Crippen molar-refractivity contribution in [3.63, 3.8) is 0 Å². The molecule has 2 amide bonds. The average Bonchev–Trinajstić information content (AvgIpc) is 3.07. The summed E-state index contributed by atoms with van der Waals surface area (Å²) in [6.07, 6.45) is 0. The molecule has 0 aliphatic rings. The fourth-order valence-electron chi connectivity index (χ4n) is 3.67. The quantitative estimate of drug-likeness (QED) is 0.471. The van der Waals surface area contributed by atoms with E-state index in [1.807, 2.05) is 0 Å². The summed E-state index contributed by atoms with van der Waals surface area (Å²) >= 11 is 0. The van der Waals surface area contributed by atoms with Crippen LogP contribution in [0.15, 0.2) is 42.5 Å². The molecule has 170 valence electrons. The lowest BCUT2D eigenvalue weighted by Gasteiger charge is -2.11. The maximum absolute atomic E-state index is 14.4. The van der Waals surface area contributed by atoms with Crippen molar-refractivity contribution in [1.82, 2.24) is 14.8 Å². The van der Waals surface area contributed by atoms with Crippen molar-refractivity contribution in [3.8, 4) is 6.07 Å². The average molecular weight is 460 g/mol. The number of amides is 2. The van der Waals surface area contributed by atoms with Gasteiger partial charge in [-0.15, -0.1) is 0 Å². The number of pyridine rings is 1. The maximum Gasteiger partial charge on any atom is 0.267 e. The number of nitriles is 1. The van der Waals surface area contributed by atoms with E-state index in [9.17, 15) is 18.4 Å². The predicted octanol–water partition coefficient (Wildman–Crippen LogP) is 3.60. The molecule has 0 saturated heterocycles. The van der Waals surface area contributed by atoms with E-state index in [0.29, 0.717) is 28.0 Å². The number of carbonyl (C=O) groups excluding carboxylic acids is 2. The Morgan fingerprint density at radius 2 is 1.82 bits per heavy atom. The Labute approximate surface area is 192 Å². The molecule has 0 spiro atoms. The van der Waals surface area contributed by atoms with Gasteiger partial charge in [-0.25, -0.2) is 13.8 Å². The first-order valence-electron chi connectivity index (χ1n) is 10.1. The topological polar surface area (TPSA) is 127 Å². The van der Waals surface area contributed by atoms with Crippen molar-refractivity contribution in [3.05, 3.63) is 87.9 Å². The Balaban J connectivity index is 1.69. The lowest BCUT2D eigenvalue weighted by Crippen LogP contribution is -2.18. The molecule has 0 radical (unpaired) electrons. The van der Waals surface area contributed by atoms with Gasteiger partial charge in [0.15, 0.2) is 0 Å². The zero-order valence-corrected chi connectivity index (χ0v) is 18.2. The molecule has 2 aromatic carbocycles. The molecule has 2 aromatic heterocycles. The van der Waals surface area contributed by atoms with E-state index in [4.69, 9.17) is 11.0 Å². The molecule has 4 aromatic rings. The highest BCUT2D eigenvalue weighted by molar-refractivity contribution is 6.14. The summed E-state index contributed by atoms with van der Waals surface area (Å²) in [6.45, 7) is 3.05. The molecule has 0 saturated carbocycles. The molecule has 2 heterocycles. The molecule has 0 fully saturated rings. The second kappa shape index (κ2) is 8.71. The Hall–Kier alpha value is -4.65. The molecule has 8 nitrogen and oxygen atoms in total. The van der Waals surface area contributed by atoms with Crippen molar-refractivity contribution in [2.45, 2.75) is 20.4 Å². The summed E-state index contributed by atoms with van der Waals surface area (Å²) in [5.74, 6) is -3.03. The van der Waals surface area contributed by atoms with Gasteiger partial charge in [0.25, 0.3) is 11.8 Å². The standard InChI is InChI=1S/C24H18F2N6O2/c1-12-22(13(2)32(31-12)11-17-18(25)7-14(10-27)8-19(17)26)30-24(34)16-9-21(23(28)33)29-20-6-4-3-5-15(16)20/h3-9H,11H2,1-2H3,(H2,28,33)(H,30,34). The second-order valence-corrected chi connectivity index (χ2v) is 7.62. The molecule has 0 aliphatic carbocycles. The monoisotopic (exact) mass is 460 g/mol. The zero-order valence-electron chi connectivity index (χ0n) is 18.2. The number of nitrogens with two attached hydrogens (primary N) is 1. The third-order valence-corrected chi connectivity index (χ3v) is 5.41. The van der Waals surface area contributed by atoms with Gasteiger partial charge in [-0.1, -0.05) is 18.2 Å². The molecule has 0 bridgehead atoms. The molecule has 3 N–H and O–H groups in total. The number of aromatic nitrogens is 3. The fraction of sp³-hybridized carbons (Fsp3) is 0.125. The number of hydrogen-bond donors (Lipinski definition) is 2. The molecule has 0 unspecified atom stereocenters. The van der Waals surface area contributed by atoms with Gasteiger partial charge in [0, 0.05) is 10.9 Å². The van der Waals surface area contributed by atoms with E-state index in [2.05, 4.69) is 15.4 Å². The number of halogens is 2. The van der Waals surface area contributed by atoms with Gasteiger partial charge < -0.3 is 11.1 Å². The van der Waals surface area contributed by atoms with E-state index in [-0.39, 0.29) is 28.9 Å². The number of rotatable bonds is 5. The van der Waals surface area contributed by atoms with Gasteiger partial charge in [0.1, 0.15) is 17.3 Å². The summed E-state index contributed by atoms with van der Waals surface area (Å²) in [6, 6.07) is 11.7. The number of benzene rings is 2. The third-order valence-electron chi connectivity index (χ3n) is 5.41. The first kappa shape index (κ1) is 22.5. The summed E-state index contributed by atoms with van der Waals surface area (Å²) in [5.41, 5.74) is 6.80. The normalized spacial score (nSPS) is 10.8. The van der Waals surface area contributed by atoms with E-state index in [0.717, 1.165) is 12.1 Å². The number of fused-ring (bicyclic) bond motifs is 1. The van der Waals surface area contributed by atoms with Crippen molar-refractivity contribution < 1.29 is 18.4 Å². The van der Waals surface area contributed by atoms with Crippen LogP contribution in [0.2, 0.25) is 0 Å². The van der Waals surface area contributed by atoms with Gasteiger partial charge >= 0.3 is 0 Å². The summed E-state index contributed by atoms with van der Waals surface area (Å²) in [4.78, 5) is 29.0. The van der Waals surface area contributed by atoms with Crippen LogP contribution in [0, 0.1) is 36.8 Å². The van der Waals surface area contributed by atoms with Crippen LogP contribution in [0.3, 0.4) is 0 Å². The largest absolute Gasteiger partial charge is 0.364 e. The fourth-order valence-corrected chi connectivity index (χ4v) is 3.67. The number of primary amides is 1. The van der Waals surface area contributed by atoms with Crippen LogP contribution in [-0.4, -0.2) is 26.6 Å². The van der Waals surface area contributed by atoms with E-state index >= 15 is 0 Å². The van der Waals surface area contributed by atoms with Gasteiger partial charge in [0.05, 0.1) is 46.3 Å². The van der Waals surface area contributed by atoms with Gasteiger partial charge in [-0.2, -0.15) is 10.4 Å². The minimum absolute atomic E-state index is 0.0558. The number of anilines is 1. The minimum atomic E-state index is -0.864. The molecule has 0 aliphatic heterocycles. The molecule has 34 heavy (non-hydrogen) atoms. The number of para-hydroxylation sites is 1. The number of carbonyl (C=O) groups is 2. The highest BCUT2D eigenvalue weighted by atomic mass is 19.1. The van der Waals surface area contributed by atoms with Crippen molar-refractivity contribution in [2.75, 3.05) is 5.32 Å². The Bertz CT molecular complexity index is 1500. The highest BCUT2D eigenvalue weighted by Crippen LogP contribution is 2.25. The molecule has 0 atom stereocenters. The number of aryl methyl sites for hydroxylation is 1. The van der Waals surface area contributed by atoms with Crippen molar-refractivity contribution >= 4 is 28.4 Å². The van der Waals surface area contributed by atoms with Crippen LogP contribution >= 0.6 is 0 Å². The number of nitrogens with one attached hydrogen (secondary N) is 1. The van der Waals surface area contributed by atoms with Crippen LogP contribution in [0.25, 0.3) is 10.9 Å². The van der Waals surface area contributed by atoms with Gasteiger partial charge in [0.2, 0.25) is 0 Å². The van der Waals surface area contributed by atoms with E-state index in [1.54, 1.807) is 44.2 Å². The van der Waals surface area contributed by atoms with Crippen LogP contribution in [0.4, 0.5) is 14.5 Å². The summed E-state index contributed by atoms with van der Waals surface area (Å²) in [7, 11) is 0. The first-order valence-corrected chi connectivity index (χ1v) is 10.1. The lowest BCUT2D eigenvalue weighted by atomic mass is 10.1. The molecular weight excluding hydrogens is 442 g/mol. The Kier molecular flexibility index (Phi) is 5.77. The van der Waals surface area contributed by atoms with Crippen LogP contribution in [0.5, 0.6) is 0 Å². The van der Waals surface area contributed by atoms with Crippen LogP contribution in [0.1, 0.15) is 43.4 Å². The SMILES string of the molecule is Cc1nn(Cc2c(F)cc(C#N)cc2F)c(C)c1NC(=O)c1cc(C(N)=O)nc2ccccc12. The number of nitrogens with zero attached hydrogens (tertiary/aromatic N) is 4. The molecular formula is C24H18F2N6O2. The first-order chi connectivity index (χ1) is 16.2. The minimum Gasteiger partial charge on any atom is -0.364 e. The third kappa shape index (κ3) is 4.06. The Morgan fingerprint density at radius 1 is 1.15 bits per heavy atom. The number of hydrogen-bond acceptors (Lipinski definition) is 5. The van der Waals surface area contributed by atoms with Crippen LogP contribution < -0.4 is 11.1 Å². The lowest BCUT2D eigenvalue weighted by molar-refractivity contribution is 0.0996. The summed E-state index contributed by atoms with van der Waals surface area (Å²) in [5, 5.41) is 16.5. The zero-order chi connectivity index (χ0) is 24.6. The maximum atomic E-state index is 14.4. The highest BCUT2D eigenvalue weighted by Gasteiger charge is 2.21. The van der Waals surface area contributed by atoms with Crippen molar-refractivity contribution in [1.29, 1.82) is 5.26 Å².